The molecule has 1 N–H and O–H groups in total. The number of hydrogen-bond donors (Lipinski definition) is 1. The van der Waals surface area contributed by atoms with Gasteiger partial charge >= 0.3 is 6.11 Å². The Morgan fingerprint density at radius 1 is 1.45 bits per heavy atom. The van der Waals surface area contributed by atoms with E-state index in [2.05, 4.69) is 13.3 Å². The Morgan fingerprint density at radius 2 is 2.10 bits per heavy atom. The molecule has 0 saturated carbocycles. The van der Waals surface area contributed by atoms with E-state index in [0.717, 1.165) is 7.11 Å². The zero-order valence-electron chi connectivity index (χ0n) is 10.6. The van der Waals surface area contributed by atoms with Crippen LogP contribution in [0.4, 0.5) is 14.5 Å². The Kier molecular flexibility index (Phi) is 5.54. The molecule has 9 heteroatoms. The van der Waals surface area contributed by atoms with E-state index >= 15 is 0 Å². The van der Waals surface area contributed by atoms with E-state index in [1.54, 1.807) is 0 Å². The molecule has 0 radical (unpaired) electrons. The maximum Gasteiger partial charge on any atom is 0.387 e. The molecule has 20 heavy (non-hydrogen) atoms. The highest BCUT2D eigenvalue weighted by Crippen LogP contribution is 2.25. The summed E-state index contributed by atoms with van der Waals surface area (Å²) in [6, 6.07) is 3.71. The summed E-state index contributed by atoms with van der Waals surface area (Å²) in [6.07, 6.45) is -4.00. The highest BCUT2D eigenvalue weighted by molar-refractivity contribution is 7.69. The summed E-state index contributed by atoms with van der Waals surface area (Å²) in [5.74, 6) is -0.468. The Hall–Kier alpha value is -1.58. The minimum atomic E-state index is -4.00. The zero-order chi connectivity index (χ0) is 15.3. The van der Waals surface area contributed by atoms with Crippen LogP contribution >= 0.6 is 0 Å². The second-order valence-corrected chi connectivity index (χ2v) is 4.65. The number of aliphatic hydroxyl groups is 1. The minimum absolute atomic E-state index is 0.0640. The van der Waals surface area contributed by atoms with Gasteiger partial charge in [0.15, 0.2) is 12.4 Å². The monoisotopic (exact) mass is 308 g/mol. The lowest BCUT2D eigenvalue weighted by atomic mass is 10.1. The first kappa shape index (κ1) is 16.5. The van der Waals surface area contributed by atoms with Gasteiger partial charge in [0.25, 0.3) is 0 Å². The first-order chi connectivity index (χ1) is 9.21. The van der Waals surface area contributed by atoms with Crippen molar-refractivity contribution in [1.82, 2.24) is 0 Å². The topological polar surface area (TPSA) is 85.2 Å². The first-order valence-electron chi connectivity index (χ1n) is 5.28. The second kappa shape index (κ2) is 6.73. The SMILES string of the molecule is CO[S-](=O)=Nc1cc(OCC(O)(F)F)cc(C(C)=O)c1. The number of ketones is 1. The van der Waals surface area contributed by atoms with Gasteiger partial charge < -0.3 is 22.6 Å². The van der Waals surface area contributed by atoms with Crippen LogP contribution in [0.15, 0.2) is 22.6 Å². The molecule has 1 rings (SSSR count). The second-order valence-electron chi connectivity index (χ2n) is 3.70. The van der Waals surface area contributed by atoms with Crippen LogP contribution in [-0.2, 0) is 19.3 Å². The molecule has 0 heterocycles. The fraction of sp³-hybridized carbons (Fsp3) is 0.364. The number of nitrogens with zero attached hydrogens (tertiary/aromatic N) is 1. The molecule has 0 fully saturated rings. The summed E-state index contributed by atoms with van der Waals surface area (Å²) in [7, 11) is -0.803. The van der Waals surface area contributed by atoms with Crippen LogP contribution in [0.2, 0.25) is 0 Å². The lowest BCUT2D eigenvalue weighted by Crippen LogP contribution is -2.24. The van der Waals surface area contributed by atoms with Gasteiger partial charge in [-0.2, -0.15) is 8.78 Å². The molecule has 1 aromatic carbocycles. The molecule has 6 nitrogen and oxygen atoms in total. The predicted octanol–water partition coefficient (Wildman–Crippen LogP) is 2.19. The van der Waals surface area contributed by atoms with Crippen molar-refractivity contribution >= 4 is 22.3 Å². The molecular formula is C11H12F2NO5S-. The predicted molar refractivity (Wildman–Crippen MR) is 66.3 cm³/mol. The number of hydrogen-bond acceptors (Lipinski definition) is 7. The fourth-order valence-electron chi connectivity index (χ4n) is 1.22. The molecule has 0 atom stereocenters. The van der Waals surface area contributed by atoms with Crippen LogP contribution in [-0.4, -0.2) is 30.7 Å². The van der Waals surface area contributed by atoms with Crippen molar-refractivity contribution in [3.8, 4) is 5.75 Å². The largest absolute Gasteiger partial charge is 0.484 e. The standard InChI is InChI=1S/C11H12F2NO5S/c1-7(15)8-3-9(14-20(17)18-2)5-10(4-8)19-6-11(12,13)16/h3-5,16H,6H2,1-2H3/q-1. The van der Waals surface area contributed by atoms with E-state index in [1.165, 1.54) is 25.1 Å². The lowest BCUT2D eigenvalue weighted by molar-refractivity contribution is -0.216. The number of Topliss-reactive ketones (excluding diaryl/α,β-unsaturated/α-hetero) is 1. The Labute approximate surface area is 115 Å². The molecule has 0 unspecified atom stereocenters. The number of benzene rings is 1. The third-order valence-electron chi connectivity index (χ3n) is 2.03. The van der Waals surface area contributed by atoms with Crippen LogP contribution in [0.25, 0.3) is 0 Å². The molecule has 0 aromatic heterocycles. The van der Waals surface area contributed by atoms with Crippen molar-refractivity contribution in [2.45, 2.75) is 13.0 Å². The van der Waals surface area contributed by atoms with E-state index in [4.69, 9.17) is 5.11 Å². The Balaban J connectivity index is 3.11. The summed E-state index contributed by atoms with van der Waals surface area (Å²) in [6.45, 7) is -0.0159. The van der Waals surface area contributed by atoms with Gasteiger partial charge in [0.05, 0.1) is 0 Å². The van der Waals surface area contributed by atoms with Gasteiger partial charge in [-0.1, -0.05) is 10.9 Å². The van der Waals surface area contributed by atoms with Crippen LogP contribution in [0, 0.1) is 0 Å². The summed E-state index contributed by atoms with van der Waals surface area (Å²) < 4.78 is 48.4. The quantitative estimate of drug-likeness (QED) is 0.643. The summed E-state index contributed by atoms with van der Waals surface area (Å²) in [4.78, 5) is 11.3. The molecule has 0 spiro atoms. The highest BCUT2D eigenvalue weighted by Gasteiger charge is 2.25. The Morgan fingerprint density at radius 3 is 2.60 bits per heavy atom. The average molecular weight is 308 g/mol. The first-order valence-corrected chi connectivity index (χ1v) is 6.31. The van der Waals surface area contributed by atoms with Crippen molar-refractivity contribution in [2.24, 2.45) is 4.36 Å². The molecule has 0 bridgehead atoms. The van der Waals surface area contributed by atoms with Gasteiger partial charge in [0, 0.05) is 24.4 Å². The molecule has 0 amide bonds. The summed E-state index contributed by atoms with van der Waals surface area (Å²) >= 11 is 0. The maximum atomic E-state index is 12.3. The average Bonchev–Trinajstić information content (AvgIpc) is 2.35. The number of alkyl halides is 2. The van der Waals surface area contributed by atoms with Crippen molar-refractivity contribution in [3.63, 3.8) is 0 Å². The molecular weight excluding hydrogens is 296 g/mol. The van der Waals surface area contributed by atoms with Gasteiger partial charge in [-0.15, -0.1) is 0 Å². The molecule has 0 aliphatic carbocycles. The smallest absolute Gasteiger partial charge is 0.387 e. The van der Waals surface area contributed by atoms with Crippen molar-refractivity contribution in [1.29, 1.82) is 0 Å². The number of rotatable bonds is 6. The summed E-state index contributed by atoms with van der Waals surface area (Å²) in [5.41, 5.74) is 0.199. The van der Waals surface area contributed by atoms with Gasteiger partial charge in [0.2, 0.25) is 0 Å². The van der Waals surface area contributed by atoms with Gasteiger partial charge in [-0.25, -0.2) is 0 Å². The van der Waals surface area contributed by atoms with Gasteiger partial charge in [-0.3, -0.25) is 4.79 Å². The van der Waals surface area contributed by atoms with Crippen LogP contribution < -0.4 is 4.74 Å². The van der Waals surface area contributed by atoms with Crippen molar-refractivity contribution < 1.29 is 31.8 Å². The third kappa shape index (κ3) is 5.59. The number of halogens is 2. The number of carbonyl (C=O) groups excluding carboxylic acids is 1. The van der Waals surface area contributed by atoms with E-state index in [1.807, 2.05) is 0 Å². The molecule has 0 saturated heterocycles. The zero-order valence-corrected chi connectivity index (χ0v) is 11.4. The van der Waals surface area contributed by atoms with Crippen molar-refractivity contribution in [2.75, 3.05) is 13.7 Å². The van der Waals surface area contributed by atoms with Gasteiger partial charge in [-0.05, 0) is 19.1 Å². The third-order valence-corrected chi connectivity index (χ3v) is 2.68. The number of ether oxygens (including phenoxy) is 1. The lowest BCUT2D eigenvalue weighted by Gasteiger charge is -2.12. The Bertz CT molecular complexity index is 579. The minimum Gasteiger partial charge on any atom is -0.484 e. The fourth-order valence-corrected chi connectivity index (χ4v) is 1.57. The van der Waals surface area contributed by atoms with Gasteiger partial charge in [0.1, 0.15) is 5.75 Å². The van der Waals surface area contributed by atoms with E-state index in [0.29, 0.717) is 0 Å². The van der Waals surface area contributed by atoms with Crippen LogP contribution in [0.5, 0.6) is 5.75 Å². The van der Waals surface area contributed by atoms with E-state index < -0.39 is 23.6 Å². The summed E-state index contributed by atoms with van der Waals surface area (Å²) in [5, 5.41) is 8.29. The normalized spacial score (nSPS) is 13.2. The molecule has 0 aliphatic rings. The molecule has 0 aliphatic heterocycles. The van der Waals surface area contributed by atoms with Crippen LogP contribution in [0.3, 0.4) is 0 Å². The number of carbonyl (C=O) groups is 1. The molecule has 112 valence electrons. The maximum absolute atomic E-state index is 12.3. The van der Waals surface area contributed by atoms with Crippen molar-refractivity contribution in [3.05, 3.63) is 23.8 Å². The molecule has 1 aromatic rings. The van der Waals surface area contributed by atoms with E-state index in [-0.39, 0.29) is 22.8 Å². The highest BCUT2D eigenvalue weighted by atomic mass is 32.2. The van der Waals surface area contributed by atoms with Crippen LogP contribution in [0.1, 0.15) is 17.3 Å². The van der Waals surface area contributed by atoms with E-state index in [9.17, 15) is 17.8 Å².